The molecule has 1 fully saturated rings. The normalized spacial score (nSPS) is 25.4. The molecule has 0 radical (unpaired) electrons. The standard InChI is InChI=1S/C24H22ClN3/c25-17-12-9-16(10-13-17)23-19-14-11-15-5-1-2-6-18(15)22(19)27-24-26-20-7-3-4-8-21(20)28(23)24/h1-2,5-6,9-10,12-13,20-21H,3-4,7-8,11,14H2. The Morgan fingerprint density at radius 3 is 2.64 bits per heavy atom. The smallest absolute Gasteiger partial charge is 0.226 e. The molecule has 4 heteroatoms. The van der Waals surface area contributed by atoms with Crippen LogP contribution >= 0.6 is 11.6 Å². The first-order valence-corrected chi connectivity index (χ1v) is 10.7. The van der Waals surface area contributed by atoms with Crippen molar-refractivity contribution in [1.29, 1.82) is 0 Å². The van der Waals surface area contributed by atoms with Gasteiger partial charge in [0.15, 0.2) is 0 Å². The summed E-state index contributed by atoms with van der Waals surface area (Å²) in [4.78, 5) is 12.7. The average molecular weight is 388 g/mol. The highest BCUT2D eigenvalue weighted by Gasteiger charge is 2.43. The molecule has 0 bridgehead atoms. The maximum absolute atomic E-state index is 6.20. The highest BCUT2D eigenvalue weighted by molar-refractivity contribution is 6.30. The lowest BCUT2D eigenvalue weighted by Gasteiger charge is -2.38. The Balaban J connectivity index is 1.58. The molecular formula is C24H22ClN3. The molecule has 2 atom stereocenters. The van der Waals surface area contributed by atoms with E-state index in [4.69, 9.17) is 21.6 Å². The molecular weight excluding hydrogens is 366 g/mol. The van der Waals surface area contributed by atoms with Gasteiger partial charge < -0.3 is 4.90 Å². The number of allylic oxidation sites excluding steroid dienone is 1. The molecule has 6 rings (SSSR count). The SMILES string of the molecule is Clc1ccc(C2=C3CCc4ccccc4C3=NC3=NC4CCCCC4N32)cc1. The number of benzene rings is 2. The summed E-state index contributed by atoms with van der Waals surface area (Å²) in [6, 6.07) is 17.8. The predicted octanol–water partition coefficient (Wildman–Crippen LogP) is 5.48. The van der Waals surface area contributed by atoms with Crippen LogP contribution in [0, 0.1) is 0 Å². The first-order valence-electron chi connectivity index (χ1n) is 10.3. The molecule has 1 saturated carbocycles. The highest BCUT2D eigenvalue weighted by atomic mass is 35.5. The van der Waals surface area contributed by atoms with Gasteiger partial charge in [-0.1, -0.05) is 60.8 Å². The van der Waals surface area contributed by atoms with Crippen molar-refractivity contribution >= 4 is 29.0 Å². The maximum atomic E-state index is 6.20. The van der Waals surface area contributed by atoms with Crippen molar-refractivity contribution in [3.8, 4) is 0 Å². The molecule has 2 heterocycles. The highest BCUT2D eigenvalue weighted by Crippen LogP contribution is 2.43. The summed E-state index contributed by atoms with van der Waals surface area (Å²) in [6.07, 6.45) is 7.02. The molecule has 140 valence electrons. The van der Waals surface area contributed by atoms with Gasteiger partial charge in [0, 0.05) is 16.2 Å². The topological polar surface area (TPSA) is 28.0 Å². The Labute approximate surface area is 170 Å². The molecule has 0 amide bonds. The number of hydrogen-bond acceptors (Lipinski definition) is 3. The summed E-state index contributed by atoms with van der Waals surface area (Å²) in [7, 11) is 0. The molecule has 3 nitrogen and oxygen atoms in total. The van der Waals surface area contributed by atoms with Gasteiger partial charge in [-0.3, -0.25) is 0 Å². The van der Waals surface area contributed by atoms with Gasteiger partial charge in [0.1, 0.15) is 0 Å². The van der Waals surface area contributed by atoms with Gasteiger partial charge in [0.05, 0.1) is 23.5 Å². The molecule has 0 N–H and O–H groups in total. The lowest BCUT2D eigenvalue weighted by atomic mass is 9.82. The van der Waals surface area contributed by atoms with E-state index in [1.807, 2.05) is 12.1 Å². The van der Waals surface area contributed by atoms with E-state index in [-0.39, 0.29) is 0 Å². The van der Waals surface area contributed by atoms with E-state index in [2.05, 4.69) is 41.3 Å². The number of hydrogen-bond donors (Lipinski definition) is 0. The van der Waals surface area contributed by atoms with Crippen molar-refractivity contribution < 1.29 is 0 Å². The van der Waals surface area contributed by atoms with Crippen molar-refractivity contribution in [2.24, 2.45) is 9.98 Å². The second-order valence-electron chi connectivity index (χ2n) is 8.17. The molecule has 4 aliphatic rings. The van der Waals surface area contributed by atoms with Crippen molar-refractivity contribution in [2.75, 3.05) is 0 Å². The van der Waals surface area contributed by atoms with Crippen molar-refractivity contribution in [1.82, 2.24) is 4.90 Å². The Bertz CT molecular complexity index is 1050. The molecule has 2 aliphatic carbocycles. The first-order chi connectivity index (χ1) is 13.8. The van der Waals surface area contributed by atoms with E-state index in [9.17, 15) is 0 Å². The number of aliphatic imine (C=N–C) groups is 2. The van der Waals surface area contributed by atoms with Crippen LogP contribution in [0.3, 0.4) is 0 Å². The fourth-order valence-electron chi connectivity index (χ4n) is 5.29. The molecule has 0 aromatic heterocycles. The quantitative estimate of drug-likeness (QED) is 0.636. The van der Waals surface area contributed by atoms with Crippen LogP contribution in [0.25, 0.3) is 5.70 Å². The zero-order chi connectivity index (χ0) is 18.7. The van der Waals surface area contributed by atoms with Crippen molar-refractivity contribution in [2.45, 2.75) is 50.6 Å². The lowest BCUT2D eigenvalue weighted by Crippen LogP contribution is -2.43. The van der Waals surface area contributed by atoms with E-state index in [1.54, 1.807) is 0 Å². The Kier molecular flexibility index (Phi) is 3.73. The molecule has 0 spiro atoms. The van der Waals surface area contributed by atoms with Gasteiger partial charge in [0.25, 0.3) is 0 Å². The fourth-order valence-corrected chi connectivity index (χ4v) is 5.41. The van der Waals surface area contributed by atoms with Crippen LogP contribution in [-0.4, -0.2) is 28.7 Å². The number of halogens is 1. The van der Waals surface area contributed by atoms with Crippen molar-refractivity contribution in [3.63, 3.8) is 0 Å². The molecule has 28 heavy (non-hydrogen) atoms. The van der Waals surface area contributed by atoms with Gasteiger partial charge in [-0.05, 0) is 48.9 Å². The monoisotopic (exact) mass is 387 g/mol. The van der Waals surface area contributed by atoms with E-state index in [0.717, 1.165) is 29.5 Å². The second kappa shape index (κ2) is 6.31. The third-order valence-corrected chi connectivity index (χ3v) is 6.83. The average Bonchev–Trinajstić information content (AvgIpc) is 3.11. The lowest BCUT2D eigenvalue weighted by molar-refractivity contribution is 0.301. The number of nitrogens with zero attached hydrogens (tertiary/aromatic N) is 3. The number of rotatable bonds is 1. The van der Waals surface area contributed by atoms with E-state index in [0.29, 0.717) is 12.1 Å². The van der Waals surface area contributed by atoms with Gasteiger partial charge >= 0.3 is 0 Å². The van der Waals surface area contributed by atoms with Crippen LogP contribution in [0.2, 0.25) is 5.02 Å². The van der Waals surface area contributed by atoms with Crippen LogP contribution in [0.1, 0.15) is 48.8 Å². The van der Waals surface area contributed by atoms with Gasteiger partial charge in [0.2, 0.25) is 5.96 Å². The van der Waals surface area contributed by atoms with Crippen LogP contribution in [0.4, 0.5) is 0 Å². The van der Waals surface area contributed by atoms with Gasteiger partial charge in [-0.25, -0.2) is 9.98 Å². The third-order valence-electron chi connectivity index (χ3n) is 6.58. The second-order valence-corrected chi connectivity index (χ2v) is 8.61. The van der Waals surface area contributed by atoms with Crippen LogP contribution in [0.5, 0.6) is 0 Å². The fraction of sp³-hybridized carbons (Fsp3) is 0.333. The molecule has 0 saturated heterocycles. The zero-order valence-corrected chi connectivity index (χ0v) is 16.5. The van der Waals surface area contributed by atoms with Crippen molar-refractivity contribution in [3.05, 3.63) is 75.8 Å². The minimum atomic E-state index is 0.381. The van der Waals surface area contributed by atoms with E-state index >= 15 is 0 Å². The molecule has 2 aromatic rings. The predicted molar refractivity (Wildman–Crippen MR) is 115 cm³/mol. The summed E-state index contributed by atoms with van der Waals surface area (Å²) in [5.41, 5.74) is 7.69. The van der Waals surface area contributed by atoms with Crippen LogP contribution in [0.15, 0.2) is 64.1 Å². The number of fused-ring (bicyclic) bond motifs is 6. The van der Waals surface area contributed by atoms with Gasteiger partial charge in [-0.2, -0.15) is 0 Å². The third kappa shape index (κ3) is 2.42. The minimum absolute atomic E-state index is 0.381. The Morgan fingerprint density at radius 1 is 0.929 bits per heavy atom. The van der Waals surface area contributed by atoms with Crippen LogP contribution in [-0.2, 0) is 6.42 Å². The number of aryl methyl sites for hydroxylation is 1. The minimum Gasteiger partial charge on any atom is -0.305 e. The van der Waals surface area contributed by atoms with E-state index in [1.165, 1.54) is 53.6 Å². The largest absolute Gasteiger partial charge is 0.305 e. The summed E-state index contributed by atoms with van der Waals surface area (Å²) < 4.78 is 0. The summed E-state index contributed by atoms with van der Waals surface area (Å²) in [5.74, 6) is 0.914. The van der Waals surface area contributed by atoms with Gasteiger partial charge in [-0.15, -0.1) is 0 Å². The van der Waals surface area contributed by atoms with E-state index < -0.39 is 0 Å². The Morgan fingerprint density at radius 2 is 1.75 bits per heavy atom. The summed E-state index contributed by atoms with van der Waals surface area (Å²) in [6.45, 7) is 0. The zero-order valence-electron chi connectivity index (χ0n) is 15.7. The first kappa shape index (κ1) is 16.6. The molecule has 2 unspecified atom stereocenters. The van der Waals surface area contributed by atoms with Crippen LogP contribution < -0.4 is 0 Å². The summed E-state index contributed by atoms with van der Waals surface area (Å²) >= 11 is 6.20. The number of guanidine groups is 1. The summed E-state index contributed by atoms with van der Waals surface area (Å²) in [5, 5.41) is 0.777. The Hall–Kier alpha value is -2.39. The maximum Gasteiger partial charge on any atom is 0.226 e. The molecule has 2 aliphatic heterocycles. The molecule has 2 aromatic carbocycles.